The molecule has 2 aromatic rings. The molecule has 0 spiro atoms. The molecule has 2 N–H and O–H groups in total. The van der Waals surface area contributed by atoms with Gasteiger partial charge in [0.1, 0.15) is 23.8 Å². The average molecular weight is 395 g/mol. The van der Waals surface area contributed by atoms with Crippen molar-refractivity contribution in [1.82, 2.24) is 14.9 Å². The molecule has 1 saturated heterocycles. The number of nitrogens with zero attached hydrogens (tertiary/aromatic N) is 4. The molecule has 0 radical (unpaired) electrons. The van der Waals surface area contributed by atoms with Crippen molar-refractivity contribution < 1.29 is 14.3 Å². The summed E-state index contributed by atoms with van der Waals surface area (Å²) in [5.74, 6) is 0.855. The highest BCUT2D eigenvalue weighted by molar-refractivity contribution is 5.84. The number of benzene rings is 1. The van der Waals surface area contributed by atoms with Gasteiger partial charge in [-0.2, -0.15) is 0 Å². The van der Waals surface area contributed by atoms with E-state index in [9.17, 15) is 4.79 Å². The molecule has 8 nitrogen and oxygen atoms in total. The molecule has 2 aliphatic rings. The fraction of sp³-hybridized carbons (Fsp3) is 0.429. The molecule has 1 aromatic heterocycles. The zero-order valence-corrected chi connectivity index (χ0v) is 16.8. The SMILES string of the molecule is CN(C)C(N)=NC1(C=O)c2cc(-c3cncnc3)ccc2OC2CCCOC21C. The zero-order chi connectivity index (χ0) is 20.6. The van der Waals surface area contributed by atoms with Crippen LogP contribution in [0.1, 0.15) is 25.3 Å². The Morgan fingerprint density at radius 2 is 2.07 bits per heavy atom. The van der Waals surface area contributed by atoms with Crippen molar-refractivity contribution >= 4 is 12.2 Å². The van der Waals surface area contributed by atoms with Crippen molar-refractivity contribution in [3.63, 3.8) is 0 Å². The van der Waals surface area contributed by atoms with Crippen LogP contribution in [0.2, 0.25) is 0 Å². The molecule has 0 saturated carbocycles. The number of aliphatic imine (C=N–C) groups is 1. The van der Waals surface area contributed by atoms with E-state index in [4.69, 9.17) is 20.2 Å². The summed E-state index contributed by atoms with van der Waals surface area (Å²) in [6, 6.07) is 5.69. The van der Waals surface area contributed by atoms with Crippen molar-refractivity contribution in [2.45, 2.75) is 37.0 Å². The van der Waals surface area contributed by atoms with E-state index in [2.05, 4.69) is 9.97 Å². The third-order valence-electron chi connectivity index (χ3n) is 5.86. The van der Waals surface area contributed by atoms with Gasteiger partial charge in [0, 0.05) is 44.2 Å². The van der Waals surface area contributed by atoms with E-state index in [-0.39, 0.29) is 12.1 Å². The number of carbonyl (C=O) groups is 1. The Labute approximate surface area is 169 Å². The number of hydrogen-bond acceptors (Lipinski definition) is 6. The predicted molar refractivity (Wildman–Crippen MR) is 109 cm³/mol. The van der Waals surface area contributed by atoms with Crippen LogP contribution in [0.5, 0.6) is 5.75 Å². The summed E-state index contributed by atoms with van der Waals surface area (Å²) in [7, 11) is 3.58. The predicted octanol–water partition coefficient (Wildman–Crippen LogP) is 1.74. The highest BCUT2D eigenvalue weighted by Gasteiger charge is 2.62. The first-order valence-corrected chi connectivity index (χ1v) is 9.61. The van der Waals surface area contributed by atoms with E-state index in [1.807, 2.05) is 25.1 Å². The number of guanidine groups is 1. The molecular formula is C21H25N5O3. The third kappa shape index (κ3) is 2.95. The van der Waals surface area contributed by atoms with E-state index in [1.54, 1.807) is 31.4 Å². The van der Waals surface area contributed by atoms with Crippen molar-refractivity contribution in [3.05, 3.63) is 42.5 Å². The Hall–Kier alpha value is -3.00. The number of nitrogens with two attached hydrogens (primary N) is 1. The van der Waals surface area contributed by atoms with Gasteiger partial charge >= 0.3 is 0 Å². The first-order valence-electron chi connectivity index (χ1n) is 9.61. The fourth-order valence-corrected chi connectivity index (χ4v) is 4.09. The minimum atomic E-state index is -1.34. The van der Waals surface area contributed by atoms with Crippen LogP contribution in [-0.4, -0.2) is 59.5 Å². The highest BCUT2D eigenvalue weighted by Crippen LogP contribution is 2.52. The first-order chi connectivity index (χ1) is 13.9. The molecule has 3 heterocycles. The number of aromatic nitrogens is 2. The Morgan fingerprint density at radius 3 is 2.76 bits per heavy atom. The third-order valence-corrected chi connectivity index (χ3v) is 5.86. The quantitative estimate of drug-likeness (QED) is 0.480. The summed E-state index contributed by atoms with van der Waals surface area (Å²) in [5.41, 5.74) is 6.19. The Kier molecular flexibility index (Phi) is 4.74. The minimum Gasteiger partial charge on any atom is -0.487 e. The summed E-state index contributed by atoms with van der Waals surface area (Å²) in [6.07, 6.45) is 7.09. The second kappa shape index (κ2) is 7.11. The molecule has 0 aliphatic carbocycles. The lowest BCUT2D eigenvalue weighted by Gasteiger charge is -2.53. The van der Waals surface area contributed by atoms with Crippen molar-refractivity contribution in [3.8, 4) is 16.9 Å². The number of carbonyl (C=O) groups excluding carboxylic acids is 1. The van der Waals surface area contributed by atoms with Gasteiger partial charge in [0.2, 0.25) is 0 Å². The van der Waals surface area contributed by atoms with Gasteiger partial charge in [-0.25, -0.2) is 15.0 Å². The number of hydrogen-bond donors (Lipinski definition) is 1. The lowest BCUT2D eigenvalue weighted by atomic mass is 9.69. The number of aldehydes is 1. The normalized spacial score (nSPS) is 28.7. The molecule has 3 atom stereocenters. The topological polar surface area (TPSA) is 103 Å². The average Bonchev–Trinajstić information content (AvgIpc) is 2.74. The lowest BCUT2D eigenvalue weighted by molar-refractivity contribution is -0.184. The fourth-order valence-electron chi connectivity index (χ4n) is 4.09. The molecule has 8 heteroatoms. The minimum absolute atomic E-state index is 0.243. The van der Waals surface area contributed by atoms with Crippen molar-refractivity contribution in [2.75, 3.05) is 20.7 Å². The largest absolute Gasteiger partial charge is 0.487 e. The van der Waals surface area contributed by atoms with Gasteiger partial charge in [-0.3, -0.25) is 0 Å². The van der Waals surface area contributed by atoms with Gasteiger partial charge < -0.3 is 24.9 Å². The van der Waals surface area contributed by atoms with Crippen LogP contribution >= 0.6 is 0 Å². The van der Waals surface area contributed by atoms with Gasteiger partial charge in [-0.15, -0.1) is 0 Å². The Bertz CT molecular complexity index is 949. The summed E-state index contributed by atoms with van der Waals surface area (Å²) >= 11 is 0. The maximum absolute atomic E-state index is 12.8. The molecule has 4 rings (SSSR count). The van der Waals surface area contributed by atoms with E-state index in [0.29, 0.717) is 17.9 Å². The molecule has 29 heavy (non-hydrogen) atoms. The standard InChI is InChI=1S/C21H25N5O3/c1-20-18(5-4-8-28-20)29-17-7-6-14(15-10-23-13-24-11-15)9-16(17)21(20,12-27)25-19(22)26(2)3/h6-7,9-13,18H,4-5,8H2,1-3H3,(H2,22,25). The Balaban J connectivity index is 1.97. The van der Waals surface area contributed by atoms with Gasteiger partial charge in [0.05, 0.1) is 0 Å². The molecule has 0 amide bonds. The van der Waals surface area contributed by atoms with E-state index in [0.717, 1.165) is 30.3 Å². The van der Waals surface area contributed by atoms with Gasteiger partial charge in [0.25, 0.3) is 0 Å². The van der Waals surface area contributed by atoms with Crippen LogP contribution in [0.3, 0.4) is 0 Å². The van der Waals surface area contributed by atoms with Crippen LogP contribution in [0.15, 0.2) is 41.9 Å². The smallest absolute Gasteiger partial charge is 0.192 e. The summed E-state index contributed by atoms with van der Waals surface area (Å²) in [6.45, 7) is 2.42. The summed E-state index contributed by atoms with van der Waals surface area (Å²) in [5, 5.41) is 0. The zero-order valence-electron chi connectivity index (χ0n) is 16.8. The second-order valence-electron chi connectivity index (χ2n) is 7.79. The molecule has 1 aromatic carbocycles. The Morgan fingerprint density at radius 1 is 1.31 bits per heavy atom. The maximum atomic E-state index is 12.8. The van der Waals surface area contributed by atoms with Crippen molar-refractivity contribution in [1.29, 1.82) is 0 Å². The maximum Gasteiger partial charge on any atom is 0.192 e. The summed E-state index contributed by atoms with van der Waals surface area (Å²) in [4.78, 5) is 27.4. The second-order valence-corrected chi connectivity index (χ2v) is 7.79. The number of ether oxygens (including phenoxy) is 2. The monoisotopic (exact) mass is 395 g/mol. The molecule has 3 unspecified atom stereocenters. The van der Waals surface area contributed by atoms with E-state index in [1.165, 1.54) is 6.33 Å². The summed E-state index contributed by atoms with van der Waals surface area (Å²) < 4.78 is 12.5. The van der Waals surface area contributed by atoms with Gasteiger partial charge in [0.15, 0.2) is 17.8 Å². The van der Waals surface area contributed by atoms with Crippen LogP contribution < -0.4 is 10.5 Å². The van der Waals surface area contributed by atoms with Crippen LogP contribution in [-0.2, 0) is 15.1 Å². The molecular weight excluding hydrogens is 370 g/mol. The van der Waals surface area contributed by atoms with Gasteiger partial charge in [-0.1, -0.05) is 6.07 Å². The molecule has 152 valence electrons. The first kappa shape index (κ1) is 19.3. The van der Waals surface area contributed by atoms with Crippen LogP contribution in [0.25, 0.3) is 11.1 Å². The van der Waals surface area contributed by atoms with E-state index >= 15 is 0 Å². The molecule has 0 bridgehead atoms. The highest BCUT2D eigenvalue weighted by atomic mass is 16.6. The lowest BCUT2D eigenvalue weighted by Crippen LogP contribution is -2.65. The van der Waals surface area contributed by atoms with Crippen LogP contribution in [0, 0.1) is 0 Å². The van der Waals surface area contributed by atoms with E-state index < -0.39 is 11.1 Å². The number of rotatable bonds is 3. The van der Waals surface area contributed by atoms with Gasteiger partial charge in [-0.05, 0) is 37.5 Å². The molecule has 2 aliphatic heterocycles. The number of fused-ring (bicyclic) bond motifs is 2. The molecule has 1 fully saturated rings. The van der Waals surface area contributed by atoms with Crippen molar-refractivity contribution in [2.24, 2.45) is 10.7 Å². The van der Waals surface area contributed by atoms with Crippen LogP contribution in [0.4, 0.5) is 0 Å².